The van der Waals surface area contributed by atoms with E-state index < -0.39 is 0 Å². The van der Waals surface area contributed by atoms with E-state index in [1.165, 1.54) is 0 Å². The summed E-state index contributed by atoms with van der Waals surface area (Å²) in [6, 6.07) is 64.4. The van der Waals surface area contributed by atoms with Gasteiger partial charge in [-0.25, -0.2) is 0 Å². The van der Waals surface area contributed by atoms with Gasteiger partial charge in [0.1, 0.15) is 23.0 Å². The Morgan fingerprint density at radius 2 is 0.368 bits per heavy atom. The molecule has 0 spiro atoms. The normalized spacial score (nSPS) is 10.7. The van der Waals surface area contributed by atoms with Crippen LogP contribution in [-0.4, -0.2) is 34.7 Å². The second kappa shape index (κ2) is 19.8. The van der Waals surface area contributed by atoms with Gasteiger partial charge in [0, 0.05) is 66.8 Å². The molecule has 0 amide bonds. The highest BCUT2D eigenvalue weighted by atomic mass is 16.5. The van der Waals surface area contributed by atoms with Crippen LogP contribution in [0.5, 0.6) is 23.0 Å². The van der Waals surface area contributed by atoms with Crippen molar-refractivity contribution >= 4 is 34.7 Å². The molecule has 0 heterocycles. The molecular formula is C60H38O8. The number of hydrogen-bond donors (Lipinski definition) is 0. The lowest BCUT2D eigenvalue weighted by Gasteiger charge is -2.09. The Labute approximate surface area is 391 Å². The largest absolute Gasteiger partial charge is 0.457 e. The smallest absolute Gasteiger partial charge is 0.193 e. The maximum atomic E-state index is 13.5. The molecule has 8 nitrogen and oxygen atoms in total. The standard InChI is InChI=1S/C60H38O8/c61-55(39-8-3-1-4-9-39)41-14-18-43(19-15-41)57(63)45-22-30-51(31-23-45)67-53-34-26-47(27-35-53)59(65)49-12-7-13-50(38-49)60(66)48-28-36-54(37-29-48)68-52-32-24-46(25-33-52)58(64)44-20-16-42(17-21-44)56(62)40-10-5-2-6-11-40/h1-38H. The zero-order valence-corrected chi connectivity index (χ0v) is 36.2. The fourth-order valence-electron chi connectivity index (χ4n) is 7.50. The van der Waals surface area contributed by atoms with E-state index in [0.29, 0.717) is 89.8 Å². The van der Waals surface area contributed by atoms with Gasteiger partial charge in [-0.2, -0.15) is 0 Å². The molecule has 0 aromatic heterocycles. The van der Waals surface area contributed by atoms with Crippen molar-refractivity contribution in [3.05, 3.63) is 297 Å². The molecule has 0 bridgehead atoms. The summed E-state index contributed by atoms with van der Waals surface area (Å²) in [4.78, 5) is 79.0. The van der Waals surface area contributed by atoms with E-state index in [0.717, 1.165) is 0 Å². The molecule has 0 saturated heterocycles. The fraction of sp³-hybridized carbons (Fsp3) is 0. The van der Waals surface area contributed by atoms with Gasteiger partial charge in [0.25, 0.3) is 0 Å². The van der Waals surface area contributed by atoms with Crippen molar-refractivity contribution < 1.29 is 38.2 Å². The molecule has 0 atom stereocenters. The van der Waals surface area contributed by atoms with Crippen LogP contribution in [0.25, 0.3) is 0 Å². The van der Waals surface area contributed by atoms with E-state index in [9.17, 15) is 28.8 Å². The molecule has 0 unspecified atom stereocenters. The van der Waals surface area contributed by atoms with Crippen LogP contribution in [0.4, 0.5) is 0 Å². The fourth-order valence-corrected chi connectivity index (χ4v) is 7.50. The number of carbonyl (C=O) groups excluding carboxylic acids is 6. The van der Waals surface area contributed by atoms with E-state index in [4.69, 9.17) is 9.47 Å². The lowest BCUT2D eigenvalue weighted by atomic mass is 9.97. The van der Waals surface area contributed by atoms with Crippen LogP contribution >= 0.6 is 0 Å². The molecule has 0 saturated carbocycles. The zero-order valence-electron chi connectivity index (χ0n) is 36.2. The number of carbonyl (C=O) groups is 6. The van der Waals surface area contributed by atoms with Crippen LogP contribution in [0.2, 0.25) is 0 Å². The minimum Gasteiger partial charge on any atom is -0.457 e. The topological polar surface area (TPSA) is 121 Å². The summed E-state index contributed by atoms with van der Waals surface area (Å²) in [5.41, 5.74) is 5.48. The summed E-state index contributed by atoms with van der Waals surface area (Å²) in [7, 11) is 0. The van der Waals surface area contributed by atoms with Crippen LogP contribution < -0.4 is 9.47 Å². The van der Waals surface area contributed by atoms with Crippen LogP contribution in [0, 0.1) is 0 Å². The third-order valence-corrected chi connectivity index (χ3v) is 11.2. The minimum absolute atomic E-state index is 0.115. The van der Waals surface area contributed by atoms with Gasteiger partial charge in [-0.15, -0.1) is 0 Å². The van der Waals surface area contributed by atoms with Gasteiger partial charge < -0.3 is 9.47 Å². The van der Waals surface area contributed by atoms with Gasteiger partial charge in [-0.3, -0.25) is 28.8 Å². The van der Waals surface area contributed by atoms with Crippen molar-refractivity contribution in [3.8, 4) is 23.0 Å². The van der Waals surface area contributed by atoms with Crippen molar-refractivity contribution in [2.45, 2.75) is 0 Å². The van der Waals surface area contributed by atoms with Gasteiger partial charge in [0.2, 0.25) is 0 Å². The van der Waals surface area contributed by atoms with Gasteiger partial charge in [-0.1, -0.05) is 127 Å². The van der Waals surface area contributed by atoms with E-state index >= 15 is 0 Å². The van der Waals surface area contributed by atoms with Crippen LogP contribution in [-0.2, 0) is 0 Å². The number of ketones is 6. The average Bonchev–Trinajstić information content (AvgIpc) is 3.41. The molecule has 0 radical (unpaired) electrons. The zero-order chi connectivity index (χ0) is 47.0. The predicted molar refractivity (Wildman–Crippen MR) is 259 cm³/mol. The highest BCUT2D eigenvalue weighted by Crippen LogP contribution is 2.27. The summed E-state index contributed by atoms with van der Waals surface area (Å²) in [5.74, 6) is 0.816. The quantitative estimate of drug-likeness (QED) is 0.0880. The first kappa shape index (κ1) is 43.8. The maximum Gasteiger partial charge on any atom is 0.193 e. The molecular weight excluding hydrogens is 849 g/mol. The highest BCUT2D eigenvalue weighted by Gasteiger charge is 2.17. The number of hydrogen-bond acceptors (Lipinski definition) is 8. The Morgan fingerprint density at radius 1 is 0.191 bits per heavy atom. The molecule has 9 aromatic rings. The van der Waals surface area contributed by atoms with E-state index in [1.807, 2.05) is 12.1 Å². The lowest BCUT2D eigenvalue weighted by molar-refractivity contribution is 0.102. The second-order valence-corrected chi connectivity index (χ2v) is 15.7. The van der Waals surface area contributed by atoms with Crippen LogP contribution in [0.1, 0.15) is 95.5 Å². The van der Waals surface area contributed by atoms with Crippen molar-refractivity contribution in [2.75, 3.05) is 0 Å². The summed E-state index contributed by atoms with van der Waals surface area (Å²) in [6.07, 6.45) is 0. The number of rotatable bonds is 16. The highest BCUT2D eigenvalue weighted by molar-refractivity contribution is 6.14. The average molecular weight is 887 g/mol. The van der Waals surface area contributed by atoms with Crippen molar-refractivity contribution in [1.29, 1.82) is 0 Å². The predicted octanol–water partition coefficient (Wildman–Crippen LogP) is 12.7. The Balaban J connectivity index is 0.772. The first-order valence-corrected chi connectivity index (χ1v) is 21.6. The molecule has 0 fully saturated rings. The van der Waals surface area contributed by atoms with Crippen molar-refractivity contribution in [2.24, 2.45) is 0 Å². The van der Waals surface area contributed by atoms with E-state index in [-0.39, 0.29) is 34.7 Å². The second-order valence-electron chi connectivity index (χ2n) is 15.7. The van der Waals surface area contributed by atoms with E-state index in [2.05, 4.69) is 0 Å². The van der Waals surface area contributed by atoms with Crippen molar-refractivity contribution in [3.63, 3.8) is 0 Å². The minimum atomic E-state index is -0.267. The Morgan fingerprint density at radius 3 is 0.603 bits per heavy atom. The van der Waals surface area contributed by atoms with Gasteiger partial charge >= 0.3 is 0 Å². The molecule has 68 heavy (non-hydrogen) atoms. The molecule has 9 rings (SSSR count). The molecule has 0 aliphatic rings. The van der Waals surface area contributed by atoms with Crippen molar-refractivity contribution in [1.82, 2.24) is 0 Å². The van der Waals surface area contributed by atoms with E-state index in [1.54, 1.807) is 218 Å². The molecule has 0 aliphatic heterocycles. The van der Waals surface area contributed by atoms with Crippen LogP contribution in [0.15, 0.2) is 231 Å². The maximum absolute atomic E-state index is 13.5. The number of benzene rings is 9. The molecule has 0 aliphatic carbocycles. The van der Waals surface area contributed by atoms with Gasteiger partial charge in [0.15, 0.2) is 34.7 Å². The summed E-state index contributed by atoms with van der Waals surface area (Å²) >= 11 is 0. The Bertz CT molecular complexity index is 3080. The first-order valence-electron chi connectivity index (χ1n) is 21.6. The molecule has 0 N–H and O–H groups in total. The SMILES string of the molecule is O=C(c1ccccc1)c1ccc(C(=O)c2ccc(Oc3ccc(C(=O)c4cccc(C(=O)c5ccc(Oc6ccc(C(=O)c7ccc(C(=O)c8ccccc8)cc7)cc6)cc5)c4)cc3)cc2)cc1. The van der Waals surface area contributed by atoms with Gasteiger partial charge in [0.05, 0.1) is 0 Å². The third kappa shape index (κ3) is 9.95. The summed E-state index contributed by atoms with van der Waals surface area (Å²) in [5, 5.41) is 0. The lowest BCUT2D eigenvalue weighted by Crippen LogP contribution is -2.06. The summed E-state index contributed by atoms with van der Waals surface area (Å²) in [6.45, 7) is 0. The summed E-state index contributed by atoms with van der Waals surface area (Å²) < 4.78 is 12.0. The Hall–Kier alpha value is -9.40. The monoisotopic (exact) mass is 886 g/mol. The molecule has 326 valence electrons. The number of ether oxygens (including phenoxy) is 2. The Kier molecular flexibility index (Phi) is 12.7. The van der Waals surface area contributed by atoms with Crippen LogP contribution in [0.3, 0.4) is 0 Å². The molecule has 9 aromatic carbocycles. The molecule has 8 heteroatoms. The first-order chi connectivity index (χ1) is 33.2. The van der Waals surface area contributed by atoms with Gasteiger partial charge in [-0.05, 0) is 103 Å². The third-order valence-electron chi connectivity index (χ3n) is 11.2.